The number of nitrogens with zero attached hydrogens (tertiary/aromatic N) is 4. The number of fused-ring (bicyclic) bond motifs is 2. The van der Waals surface area contributed by atoms with Crippen LogP contribution in [-0.4, -0.2) is 29.9 Å². The summed E-state index contributed by atoms with van der Waals surface area (Å²) in [5.41, 5.74) is 3.62. The molecule has 0 unspecified atom stereocenters. The second kappa shape index (κ2) is 5.78. The zero-order chi connectivity index (χ0) is 18.5. The van der Waals surface area contributed by atoms with Crippen LogP contribution in [-0.2, 0) is 0 Å². The Hall–Kier alpha value is -3.45. The fraction of sp³-hybridized carbons (Fsp3) is 0.0526. The maximum atomic E-state index is 12.3. The van der Waals surface area contributed by atoms with Crippen molar-refractivity contribution in [2.45, 2.75) is 6.92 Å². The van der Waals surface area contributed by atoms with Gasteiger partial charge < -0.3 is 4.98 Å². The van der Waals surface area contributed by atoms with Gasteiger partial charge in [0.25, 0.3) is 0 Å². The van der Waals surface area contributed by atoms with Crippen molar-refractivity contribution in [1.82, 2.24) is 29.9 Å². The number of H-pyrrole nitrogens is 2. The number of aromatic nitrogens is 6. The first-order chi connectivity index (χ1) is 13.1. The molecule has 8 heteroatoms. The normalized spacial score (nSPS) is 11.5. The fourth-order valence-corrected chi connectivity index (χ4v) is 3.45. The third-order valence-electron chi connectivity index (χ3n) is 4.47. The third-order valence-corrected chi connectivity index (χ3v) is 4.77. The Morgan fingerprint density at radius 1 is 1.19 bits per heavy atom. The van der Waals surface area contributed by atoms with E-state index >= 15 is 0 Å². The van der Waals surface area contributed by atoms with Crippen LogP contribution in [0.15, 0.2) is 53.7 Å². The Bertz CT molecular complexity index is 1380. The van der Waals surface area contributed by atoms with Crippen molar-refractivity contribution in [3.05, 3.63) is 69.9 Å². The molecule has 0 fully saturated rings. The van der Waals surface area contributed by atoms with Crippen molar-refractivity contribution in [1.29, 1.82) is 0 Å². The largest absolute Gasteiger partial charge is 0.346 e. The van der Waals surface area contributed by atoms with Crippen LogP contribution in [0.25, 0.3) is 38.9 Å². The molecule has 4 heterocycles. The summed E-state index contributed by atoms with van der Waals surface area (Å²) in [6.07, 6.45) is 5.14. The average Bonchev–Trinajstić information content (AvgIpc) is 3.30. The van der Waals surface area contributed by atoms with E-state index in [-0.39, 0.29) is 5.43 Å². The lowest BCUT2D eigenvalue weighted by Gasteiger charge is -2.11. The van der Waals surface area contributed by atoms with E-state index < -0.39 is 0 Å². The van der Waals surface area contributed by atoms with Crippen LogP contribution in [0, 0.1) is 6.92 Å². The molecular weight excluding hydrogens is 364 g/mol. The van der Waals surface area contributed by atoms with Crippen LogP contribution in [0.5, 0.6) is 0 Å². The van der Waals surface area contributed by atoms with Gasteiger partial charge in [0.05, 0.1) is 27.8 Å². The summed E-state index contributed by atoms with van der Waals surface area (Å²) in [7, 11) is 0. The molecule has 0 aliphatic heterocycles. The first kappa shape index (κ1) is 15.8. The topological polar surface area (TPSA) is 92.2 Å². The Morgan fingerprint density at radius 3 is 2.89 bits per heavy atom. The number of halogens is 1. The fourth-order valence-electron chi connectivity index (χ4n) is 3.18. The van der Waals surface area contributed by atoms with Gasteiger partial charge in [0, 0.05) is 29.4 Å². The van der Waals surface area contributed by atoms with E-state index in [1.807, 2.05) is 37.4 Å². The van der Waals surface area contributed by atoms with E-state index in [1.165, 1.54) is 6.07 Å². The predicted molar refractivity (Wildman–Crippen MR) is 104 cm³/mol. The van der Waals surface area contributed by atoms with Crippen LogP contribution in [0.1, 0.15) is 5.69 Å². The summed E-state index contributed by atoms with van der Waals surface area (Å²) in [4.78, 5) is 20.0. The second-order valence-corrected chi connectivity index (χ2v) is 6.70. The maximum absolute atomic E-state index is 12.3. The molecule has 132 valence electrons. The van der Waals surface area contributed by atoms with Crippen LogP contribution < -0.4 is 5.43 Å². The van der Waals surface area contributed by atoms with Gasteiger partial charge in [-0.1, -0.05) is 11.6 Å². The van der Waals surface area contributed by atoms with Crippen molar-refractivity contribution < 1.29 is 0 Å². The first-order valence-corrected chi connectivity index (χ1v) is 8.66. The lowest BCUT2D eigenvalue weighted by molar-refractivity contribution is 0.838. The highest BCUT2D eigenvalue weighted by Crippen LogP contribution is 2.33. The van der Waals surface area contributed by atoms with Gasteiger partial charge >= 0.3 is 0 Å². The number of nitrogens with one attached hydrogen (secondary N) is 2. The van der Waals surface area contributed by atoms with Gasteiger partial charge in [0.15, 0.2) is 11.2 Å². The molecule has 5 rings (SSSR count). The molecule has 0 amide bonds. The summed E-state index contributed by atoms with van der Waals surface area (Å²) in [5.74, 6) is 0.608. The summed E-state index contributed by atoms with van der Waals surface area (Å²) in [6.45, 7) is 1.91. The number of hydrogen-bond acceptors (Lipinski definition) is 4. The quantitative estimate of drug-likeness (QED) is 0.492. The Labute approximate surface area is 157 Å². The molecule has 0 bridgehead atoms. The molecular formula is C19H13ClN6O. The molecule has 0 saturated carbocycles. The zero-order valence-corrected chi connectivity index (χ0v) is 14.9. The van der Waals surface area contributed by atoms with E-state index in [9.17, 15) is 4.79 Å². The van der Waals surface area contributed by atoms with Gasteiger partial charge in [0.1, 0.15) is 5.65 Å². The highest BCUT2D eigenvalue weighted by atomic mass is 35.5. The molecule has 0 saturated heterocycles. The number of pyridine rings is 2. The maximum Gasteiger partial charge on any atom is 0.191 e. The summed E-state index contributed by atoms with van der Waals surface area (Å²) >= 11 is 6.42. The lowest BCUT2D eigenvalue weighted by Crippen LogP contribution is -2.07. The van der Waals surface area contributed by atoms with E-state index in [0.29, 0.717) is 21.9 Å². The van der Waals surface area contributed by atoms with Crippen molar-refractivity contribution in [2.75, 3.05) is 0 Å². The minimum absolute atomic E-state index is 0.101. The molecule has 27 heavy (non-hydrogen) atoms. The smallest absolute Gasteiger partial charge is 0.191 e. The number of hydrogen-bond donors (Lipinski definition) is 2. The minimum atomic E-state index is -0.101. The van der Waals surface area contributed by atoms with Crippen molar-refractivity contribution in [2.24, 2.45) is 0 Å². The van der Waals surface area contributed by atoms with Crippen molar-refractivity contribution in [3.8, 4) is 16.9 Å². The molecule has 5 aromatic rings. The summed E-state index contributed by atoms with van der Waals surface area (Å²) in [5, 5.41) is 13.3. The molecule has 2 N–H and O–H groups in total. The molecule has 1 aromatic carbocycles. The van der Waals surface area contributed by atoms with Gasteiger partial charge in [-0.2, -0.15) is 10.2 Å². The zero-order valence-electron chi connectivity index (χ0n) is 14.2. The summed E-state index contributed by atoms with van der Waals surface area (Å²) in [6, 6.07) is 9.00. The number of aryl methyl sites for hydroxylation is 1. The van der Waals surface area contributed by atoms with Gasteiger partial charge in [-0.15, -0.1) is 0 Å². The Kier molecular flexibility index (Phi) is 3.38. The SMILES string of the molecule is Cc1ccn(-c2nc3[nH]ccc(=O)c3cc2-c2cc(Cl)c3[nH]ncc3c2)n1. The van der Waals surface area contributed by atoms with Crippen LogP contribution in [0.2, 0.25) is 5.02 Å². The lowest BCUT2D eigenvalue weighted by atomic mass is 10.0. The molecule has 7 nitrogen and oxygen atoms in total. The van der Waals surface area contributed by atoms with E-state index in [0.717, 1.165) is 27.7 Å². The van der Waals surface area contributed by atoms with Crippen molar-refractivity contribution in [3.63, 3.8) is 0 Å². The average molecular weight is 377 g/mol. The van der Waals surface area contributed by atoms with Gasteiger partial charge in [0.2, 0.25) is 0 Å². The molecule has 0 aliphatic rings. The van der Waals surface area contributed by atoms with E-state index in [4.69, 9.17) is 11.6 Å². The van der Waals surface area contributed by atoms with Gasteiger partial charge in [-0.05, 0) is 36.8 Å². The predicted octanol–water partition coefficient (Wildman–Crippen LogP) is 3.61. The van der Waals surface area contributed by atoms with Crippen LogP contribution in [0.4, 0.5) is 0 Å². The van der Waals surface area contributed by atoms with Gasteiger partial charge in [-0.25, -0.2) is 9.67 Å². The van der Waals surface area contributed by atoms with Crippen LogP contribution in [0.3, 0.4) is 0 Å². The highest BCUT2D eigenvalue weighted by molar-refractivity contribution is 6.35. The molecule has 0 aliphatic carbocycles. The third kappa shape index (κ3) is 2.51. The van der Waals surface area contributed by atoms with Gasteiger partial charge in [-0.3, -0.25) is 9.89 Å². The standard InChI is InChI=1S/C19H13ClN6O/c1-10-3-5-26(25-10)19-13(8-14-16(27)2-4-21-18(14)23-19)11-6-12-9-22-24-17(12)15(20)7-11/h2-9H,1H3,(H,22,24)(H,21,23,27). The molecule has 4 aromatic heterocycles. The summed E-state index contributed by atoms with van der Waals surface area (Å²) < 4.78 is 1.70. The van der Waals surface area contributed by atoms with Crippen LogP contribution >= 0.6 is 11.6 Å². The van der Waals surface area contributed by atoms with E-state index in [2.05, 4.69) is 25.3 Å². The second-order valence-electron chi connectivity index (χ2n) is 6.29. The molecule has 0 radical (unpaired) electrons. The number of rotatable bonds is 2. The monoisotopic (exact) mass is 376 g/mol. The molecule has 0 spiro atoms. The number of aromatic amines is 2. The van der Waals surface area contributed by atoms with E-state index in [1.54, 1.807) is 17.1 Å². The Morgan fingerprint density at radius 2 is 2.07 bits per heavy atom. The first-order valence-electron chi connectivity index (χ1n) is 8.28. The minimum Gasteiger partial charge on any atom is -0.346 e. The number of benzene rings is 1. The highest BCUT2D eigenvalue weighted by Gasteiger charge is 2.15. The van der Waals surface area contributed by atoms with Crippen molar-refractivity contribution >= 4 is 33.5 Å². The Balaban J connectivity index is 1.88. The molecule has 0 atom stereocenters.